The van der Waals surface area contributed by atoms with E-state index in [0.717, 1.165) is 11.6 Å². The number of halogens is 2. The van der Waals surface area contributed by atoms with Gasteiger partial charge in [0.15, 0.2) is 0 Å². The lowest BCUT2D eigenvalue weighted by Crippen LogP contribution is -2.51. The van der Waals surface area contributed by atoms with Crippen molar-refractivity contribution in [1.82, 2.24) is 16.0 Å². The maximum absolute atomic E-state index is 13.5. The Morgan fingerprint density at radius 2 is 1.94 bits per heavy atom. The Balaban J connectivity index is 1.69. The van der Waals surface area contributed by atoms with Gasteiger partial charge in [-0.15, -0.1) is 0 Å². The maximum Gasteiger partial charge on any atom is 0.244 e. The van der Waals surface area contributed by atoms with Crippen molar-refractivity contribution in [3.63, 3.8) is 0 Å². The van der Waals surface area contributed by atoms with E-state index in [2.05, 4.69) is 16.0 Å². The number of hydrogen-bond donors (Lipinski definition) is 3. The summed E-state index contributed by atoms with van der Waals surface area (Å²) in [6, 6.07) is 11.1. The van der Waals surface area contributed by atoms with Crippen LogP contribution in [0, 0.1) is 11.7 Å². The smallest absolute Gasteiger partial charge is 0.244 e. The largest absolute Gasteiger partial charge is 0.356 e. The van der Waals surface area contributed by atoms with Gasteiger partial charge in [0.2, 0.25) is 17.7 Å². The summed E-state index contributed by atoms with van der Waals surface area (Å²) in [4.78, 5) is 48.9. The second-order valence-corrected chi connectivity index (χ2v) is 8.49. The quantitative estimate of drug-likeness (QED) is 0.355. The molecule has 178 valence electrons. The van der Waals surface area contributed by atoms with Crippen LogP contribution in [0.2, 0.25) is 5.02 Å². The molecule has 3 rings (SSSR count). The first-order valence-electron chi connectivity index (χ1n) is 10.9. The first kappa shape index (κ1) is 25.1. The zero-order valence-corrected chi connectivity index (χ0v) is 19.1. The van der Waals surface area contributed by atoms with Gasteiger partial charge in [0, 0.05) is 30.0 Å². The Labute approximate surface area is 201 Å². The molecule has 0 unspecified atom stereocenters. The zero-order chi connectivity index (χ0) is 24.5. The van der Waals surface area contributed by atoms with E-state index in [0.29, 0.717) is 24.8 Å². The Bertz CT molecular complexity index is 1060. The molecule has 1 aliphatic rings. The van der Waals surface area contributed by atoms with E-state index in [4.69, 9.17) is 11.6 Å². The van der Waals surface area contributed by atoms with Gasteiger partial charge >= 0.3 is 0 Å². The number of amides is 3. The van der Waals surface area contributed by atoms with Gasteiger partial charge in [-0.25, -0.2) is 4.39 Å². The van der Waals surface area contributed by atoms with Crippen molar-refractivity contribution in [3.8, 4) is 0 Å². The number of hydrogen-bond acceptors (Lipinski definition) is 4. The highest BCUT2D eigenvalue weighted by atomic mass is 35.5. The molecule has 7 nitrogen and oxygen atoms in total. The average molecular weight is 486 g/mol. The summed E-state index contributed by atoms with van der Waals surface area (Å²) < 4.78 is 13.5. The molecule has 0 aromatic heterocycles. The van der Waals surface area contributed by atoms with Crippen LogP contribution in [0.5, 0.6) is 0 Å². The molecule has 3 amide bonds. The third-order valence-electron chi connectivity index (χ3n) is 5.42. The van der Waals surface area contributed by atoms with E-state index in [-0.39, 0.29) is 29.7 Å². The number of nitrogens with one attached hydrogen (secondary N) is 3. The van der Waals surface area contributed by atoms with E-state index in [1.54, 1.807) is 0 Å². The van der Waals surface area contributed by atoms with Crippen molar-refractivity contribution in [2.45, 2.75) is 31.3 Å². The fourth-order valence-corrected chi connectivity index (χ4v) is 3.96. The highest BCUT2D eigenvalue weighted by Gasteiger charge is 2.29. The lowest BCUT2D eigenvalue weighted by atomic mass is 9.98. The predicted octanol–water partition coefficient (Wildman–Crippen LogP) is 2.43. The van der Waals surface area contributed by atoms with Gasteiger partial charge in [-0.1, -0.05) is 41.9 Å². The van der Waals surface area contributed by atoms with Crippen LogP contribution < -0.4 is 16.0 Å². The monoisotopic (exact) mass is 485 g/mol. The van der Waals surface area contributed by atoms with Gasteiger partial charge in [-0.3, -0.25) is 14.4 Å². The molecular formula is C25H25ClFN3O4. The number of carbonyl (C=O) groups is 4. The maximum atomic E-state index is 13.5. The summed E-state index contributed by atoms with van der Waals surface area (Å²) in [5, 5.41) is 8.17. The summed E-state index contributed by atoms with van der Waals surface area (Å²) in [5.41, 5.74) is 1.20. The first-order chi connectivity index (χ1) is 16.3. The lowest BCUT2D eigenvalue weighted by Gasteiger charge is -2.21. The third kappa shape index (κ3) is 7.52. The standard InChI is InChI=1S/C25H25ClFN3O4/c26-19-10-17(11-20(27)14-19)6-7-23(32)30-22(12-16-4-2-1-3-5-16)25(34)29-21(15-31)13-18-8-9-28-24(18)33/h1-7,10-11,14-15,18,21-22H,8-9,12-13H2,(H,28,33)(H,29,34)(H,30,32)/b7-6+/t18-,21-,22-/m0/s1. The minimum absolute atomic E-state index is 0.141. The van der Waals surface area contributed by atoms with Crippen molar-refractivity contribution < 1.29 is 23.6 Å². The fourth-order valence-electron chi connectivity index (χ4n) is 3.73. The summed E-state index contributed by atoms with van der Waals surface area (Å²) in [7, 11) is 0. The van der Waals surface area contributed by atoms with Crippen LogP contribution >= 0.6 is 11.6 Å². The number of benzene rings is 2. The molecule has 34 heavy (non-hydrogen) atoms. The second kappa shape index (κ2) is 12.1. The van der Waals surface area contributed by atoms with Gasteiger partial charge in [0.05, 0.1) is 6.04 Å². The predicted molar refractivity (Wildman–Crippen MR) is 126 cm³/mol. The molecule has 0 saturated carbocycles. The average Bonchev–Trinajstić information content (AvgIpc) is 3.21. The Kier molecular flexibility index (Phi) is 8.93. The Morgan fingerprint density at radius 1 is 1.18 bits per heavy atom. The van der Waals surface area contributed by atoms with Gasteiger partial charge < -0.3 is 20.7 Å². The molecule has 1 aliphatic heterocycles. The molecule has 2 aromatic rings. The normalized spacial score (nSPS) is 17.1. The van der Waals surface area contributed by atoms with Crippen LogP contribution in [0.3, 0.4) is 0 Å². The van der Waals surface area contributed by atoms with E-state index >= 15 is 0 Å². The van der Waals surface area contributed by atoms with Gasteiger partial charge in [-0.05, 0) is 48.2 Å². The minimum atomic E-state index is -0.976. The molecule has 0 radical (unpaired) electrons. The van der Waals surface area contributed by atoms with Crippen LogP contribution in [0.25, 0.3) is 6.08 Å². The van der Waals surface area contributed by atoms with Crippen LogP contribution in [0.15, 0.2) is 54.6 Å². The summed E-state index contributed by atoms with van der Waals surface area (Å²) in [5.74, 6) is -2.15. The van der Waals surface area contributed by atoms with Gasteiger partial charge in [0.1, 0.15) is 18.1 Å². The summed E-state index contributed by atoms with van der Waals surface area (Å²) in [6.07, 6.45) is 4.13. The highest BCUT2D eigenvalue weighted by Crippen LogP contribution is 2.16. The third-order valence-corrected chi connectivity index (χ3v) is 5.64. The SMILES string of the molecule is O=C[C@H](C[C@@H]1CCNC1=O)NC(=O)[C@H](Cc1ccccc1)NC(=O)/C=C/c1cc(F)cc(Cl)c1. The molecule has 0 spiro atoms. The second-order valence-electron chi connectivity index (χ2n) is 8.05. The molecule has 3 atom stereocenters. The molecule has 9 heteroatoms. The molecule has 0 bridgehead atoms. The van der Waals surface area contributed by atoms with Crippen LogP contribution in [0.4, 0.5) is 4.39 Å². The van der Waals surface area contributed by atoms with Crippen molar-refractivity contribution in [1.29, 1.82) is 0 Å². The van der Waals surface area contributed by atoms with E-state index in [9.17, 15) is 23.6 Å². The van der Waals surface area contributed by atoms with Gasteiger partial charge in [0.25, 0.3) is 0 Å². The van der Waals surface area contributed by atoms with Crippen LogP contribution in [0.1, 0.15) is 24.0 Å². The number of rotatable bonds is 10. The summed E-state index contributed by atoms with van der Waals surface area (Å²) >= 11 is 5.83. The molecule has 1 saturated heterocycles. The topological polar surface area (TPSA) is 104 Å². The van der Waals surface area contributed by atoms with Crippen LogP contribution in [-0.2, 0) is 25.6 Å². The van der Waals surface area contributed by atoms with Crippen LogP contribution in [-0.4, -0.2) is 42.6 Å². The molecular weight excluding hydrogens is 461 g/mol. The van der Waals surface area contributed by atoms with Gasteiger partial charge in [-0.2, -0.15) is 0 Å². The Morgan fingerprint density at radius 3 is 2.59 bits per heavy atom. The zero-order valence-electron chi connectivity index (χ0n) is 18.3. The number of aldehydes is 1. The lowest BCUT2D eigenvalue weighted by molar-refractivity contribution is -0.129. The van der Waals surface area contributed by atoms with Crippen molar-refractivity contribution in [3.05, 3.63) is 76.6 Å². The van der Waals surface area contributed by atoms with E-state index < -0.39 is 29.7 Å². The van der Waals surface area contributed by atoms with Crippen molar-refractivity contribution in [2.75, 3.05) is 6.54 Å². The van der Waals surface area contributed by atoms with E-state index in [1.807, 2.05) is 30.3 Å². The highest BCUT2D eigenvalue weighted by molar-refractivity contribution is 6.30. The molecule has 3 N–H and O–H groups in total. The molecule has 1 fully saturated rings. The first-order valence-corrected chi connectivity index (χ1v) is 11.2. The molecule has 2 aromatic carbocycles. The Hall–Kier alpha value is -3.52. The number of carbonyl (C=O) groups excluding carboxylic acids is 4. The van der Waals surface area contributed by atoms with Crippen molar-refractivity contribution >= 4 is 41.7 Å². The van der Waals surface area contributed by atoms with E-state index in [1.165, 1.54) is 24.3 Å². The van der Waals surface area contributed by atoms with Crippen molar-refractivity contribution in [2.24, 2.45) is 5.92 Å². The minimum Gasteiger partial charge on any atom is -0.356 e. The fraction of sp³-hybridized carbons (Fsp3) is 0.280. The molecule has 0 aliphatic carbocycles. The molecule has 1 heterocycles. The summed E-state index contributed by atoms with van der Waals surface area (Å²) in [6.45, 7) is 0.540.